The van der Waals surface area contributed by atoms with Gasteiger partial charge in [0, 0.05) is 6.04 Å². The highest BCUT2D eigenvalue weighted by Crippen LogP contribution is 2.26. The Morgan fingerprint density at radius 1 is 1.44 bits per heavy atom. The molecule has 2 atom stereocenters. The van der Waals surface area contributed by atoms with Crippen molar-refractivity contribution in [3.05, 3.63) is 17.9 Å². The van der Waals surface area contributed by atoms with Gasteiger partial charge in [-0.2, -0.15) is 0 Å². The summed E-state index contributed by atoms with van der Waals surface area (Å²) >= 11 is 1.41. The number of aliphatic carboxylic acids is 1. The van der Waals surface area contributed by atoms with Crippen molar-refractivity contribution in [1.29, 1.82) is 0 Å². The van der Waals surface area contributed by atoms with Crippen molar-refractivity contribution < 1.29 is 19.1 Å². The largest absolute Gasteiger partial charge is 0.481 e. The molecule has 1 aromatic heterocycles. The second kappa shape index (κ2) is 5.48. The molecule has 18 heavy (non-hydrogen) atoms. The third kappa shape index (κ3) is 2.69. The fourth-order valence-corrected chi connectivity index (χ4v) is 2.60. The van der Waals surface area contributed by atoms with Crippen LogP contribution in [0.25, 0.3) is 0 Å². The van der Waals surface area contributed by atoms with Gasteiger partial charge in [0.2, 0.25) is 0 Å². The molecule has 1 heterocycles. The molecule has 2 N–H and O–H groups in total. The molecule has 2 rings (SSSR count). The summed E-state index contributed by atoms with van der Waals surface area (Å²) in [6.45, 7) is 0. The maximum absolute atomic E-state index is 11.9. The molecule has 0 radical (unpaired) electrons. The normalized spacial score (nSPS) is 22.9. The molecule has 0 aromatic carbocycles. The predicted molar refractivity (Wildman–Crippen MR) is 66.7 cm³/mol. The first-order chi connectivity index (χ1) is 8.61. The van der Waals surface area contributed by atoms with E-state index in [1.165, 1.54) is 11.8 Å². The second-order valence-corrected chi connectivity index (χ2v) is 5.09. The zero-order chi connectivity index (χ0) is 13.1. The average molecular weight is 269 g/mol. The van der Waals surface area contributed by atoms with E-state index in [9.17, 15) is 9.59 Å². The van der Waals surface area contributed by atoms with E-state index in [-0.39, 0.29) is 17.7 Å². The molecule has 0 bridgehead atoms. The molecule has 98 valence electrons. The molecule has 0 unspecified atom stereocenters. The van der Waals surface area contributed by atoms with Crippen LogP contribution in [0.2, 0.25) is 0 Å². The van der Waals surface area contributed by atoms with E-state index in [0.717, 1.165) is 6.42 Å². The van der Waals surface area contributed by atoms with Gasteiger partial charge in [-0.3, -0.25) is 9.59 Å². The lowest BCUT2D eigenvalue weighted by Crippen LogP contribution is -2.40. The molecule has 1 aliphatic carbocycles. The van der Waals surface area contributed by atoms with Crippen LogP contribution >= 0.6 is 11.8 Å². The van der Waals surface area contributed by atoms with Gasteiger partial charge in [-0.15, -0.1) is 0 Å². The summed E-state index contributed by atoms with van der Waals surface area (Å²) in [4.78, 5) is 22.9. The minimum atomic E-state index is -0.845. The third-order valence-electron chi connectivity index (χ3n) is 3.16. The number of hydrogen-bond donors (Lipinski definition) is 2. The molecule has 1 saturated carbocycles. The Morgan fingerprint density at radius 3 is 2.83 bits per heavy atom. The van der Waals surface area contributed by atoms with Crippen LogP contribution in [0.15, 0.2) is 21.6 Å². The number of carbonyl (C=O) groups is 2. The molecule has 0 spiro atoms. The number of amides is 1. The van der Waals surface area contributed by atoms with E-state index >= 15 is 0 Å². The van der Waals surface area contributed by atoms with Crippen molar-refractivity contribution in [2.75, 3.05) is 6.26 Å². The first kappa shape index (κ1) is 13.0. The summed E-state index contributed by atoms with van der Waals surface area (Å²) in [5.41, 5.74) is 0. The number of thioether (sulfide) groups is 1. The number of hydrogen-bond acceptors (Lipinski definition) is 4. The van der Waals surface area contributed by atoms with Crippen LogP contribution in [-0.2, 0) is 4.79 Å². The van der Waals surface area contributed by atoms with Gasteiger partial charge in [-0.1, -0.05) is 18.2 Å². The highest BCUT2D eigenvalue weighted by Gasteiger charge is 2.34. The Morgan fingerprint density at radius 2 is 2.22 bits per heavy atom. The summed E-state index contributed by atoms with van der Waals surface area (Å²) in [6, 6.07) is 3.03. The molecule has 1 aromatic rings. The van der Waals surface area contributed by atoms with E-state index in [1.807, 2.05) is 6.26 Å². The van der Waals surface area contributed by atoms with Gasteiger partial charge >= 0.3 is 5.97 Å². The molecule has 6 heteroatoms. The van der Waals surface area contributed by atoms with Crippen molar-refractivity contribution in [2.45, 2.75) is 30.4 Å². The van der Waals surface area contributed by atoms with Crippen molar-refractivity contribution in [3.63, 3.8) is 0 Å². The maximum Gasteiger partial charge on any atom is 0.308 e. The van der Waals surface area contributed by atoms with Gasteiger partial charge in [0.1, 0.15) is 0 Å². The fraction of sp³-hybridized carbons (Fsp3) is 0.500. The SMILES string of the molecule is CSc1ccc(C(=O)N[C@@H]2CCC[C@@H]2C(=O)O)o1. The van der Waals surface area contributed by atoms with Crippen LogP contribution in [0.4, 0.5) is 0 Å². The third-order valence-corrected chi connectivity index (χ3v) is 3.78. The number of rotatable bonds is 4. The quantitative estimate of drug-likeness (QED) is 0.817. The lowest BCUT2D eigenvalue weighted by molar-refractivity contribution is -0.142. The lowest BCUT2D eigenvalue weighted by Gasteiger charge is -2.16. The number of carboxylic acids is 1. The monoisotopic (exact) mass is 269 g/mol. The summed E-state index contributed by atoms with van der Waals surface area (Å²) in [6.07, 6.45) is 4.02. The zero-order valence-corrected chi connectivity index (χ0v) is 10.8. The Hall–Kier alpha value is -1.43. The van der Waals surface area contributed by atoms with Crippen LogP contribution in [0.1, 0.15) is 29.8 Å². The number of nitrogens with one attached hydrogen (secondary N) is 1. The summed E-state index contributed by atoms with van der Waals surface area (Å²) in [7, 11) is 0. The van der Waals surface area contributed by atoms with E-state index in [1.54, 1.807) is 12.1 Å². The standard InChI is InChI=1S/C12H15NO4S/c1-18-10-6-5-9(17-10)11(14)13-8-4-2-3-7(8)12(15)16/h5-8H,2-4H2,1H3,(H,13,14)(H,15,16)/t7-,8+/m0/s1. The van der Waals surface area contributed by atoms with E-state index in [2.05, 4.69) is 5.32 Å². The molecule has 5 nitrogen and oxygen atoms in total. The minimum Gasteiger partial charge on any atom is -0.481 e. The minimum absolute atomic E-state index is 0.232. The molecular formula is C12H15NO4S. The number of carboxylic acid groups (broad SMARTS) is 1. The van der Waals surface area contributed by atoms with Gasteiger partial charge < -0.3 is 14.8 Å². The zero-order valence-electron chi connectivity index (χ0n) is 10.0. The van der Waals surface area contributed by atoms with Gasteiger partial charge in [-0.25, -0.2) is 0 Å². The van der Waals surface area contributed by atoms with Crippen LogP contribution in [0, 0.1) is 5.92 Å². The summed E-state index contributed by atoms with van der Waals surface area (Å²) in [5.74, 6) is -1.44. The Kier molecular flexibility index (Phi) is 3.96. The van der Waals surface area contributed by atoms with Gasteiger partial charge in [0.05, 0.1) is 5.92 Å². The molecule has 0 saturated heterocycles. The molecular weight excluding hydrogens is 254 g/mol. The maximum atomic E-state index is 11.9. The van der Waals surface area contributed by atoms with Gasteiger partial charge in [-0.05, 0) is 31.2 Å². The van der Waals surface area contributed by atoms with Crippen molar-refractivity contribution in [2.24, 2.45) is 5.92 Å². The van der Waals surface area contributed by atoms with Gasteiger partial charge in [0.15, 0.2) is 10.9 Å². The fourth-order valence-electron chi connectivity index (χ4n) is 2.22. The summed E-state index contributed by atoms with van der Waals surface area (Å²) in [5, 5.41) is 12.4. The van der Waals surface area contributed by atoms with Crippen LogP contribution < -0.4 is 5.32 Å². The first-order valence-corrected chi connectivity index (χ1v) is 7.02. The van der Waals surface area contributed by atoms with Crippen molar-refractivity contribution >= 4 is 23.6 Å². The molecule has 1 fully saturated rings. The average Bonchev–Trinajstić information content (AvgIpc) is 2.96. The van der Waals surface area contributed by atoms with Crippen LogP contribution in [0.5, 0.6) is 0 Å². The number of furan rings is 1. The molecule has 1 aliphatic rings. The van der Waals surface area contributed by atoms with E-state index in [0.29, 0.717) is 17.9 Å². The number of carbonyl (C=O) groups excluding carboxylic acids is 1. The predicted octanol–water partition coefficient (Wildman–Crippen LogP) is 1.98. The summed E-state index contributed by atoms with van der Waals surface area (Å²) < 4.78 is 5.30. The van der Waals surface area contributed by atoms with E-state index in [4.69, 9.17) is 9.52 Å². The first-order valence-electron chi connectivity index (χ1n) is 5.79. The van der Waals surface area contributed by atoms with Crippen LogP contribution in [-0.4, -0.2) is 29.3 Å². The molecule has 0 aliphatic heterocycles. The van der Waals surface area contributed by atoms with Crippen LogP contribution in [0.3, 0.4) is 0 Å². The van der Waals surface area contributed by atoms with E-state index < -0.39 is 11.9 Å². The smallest absolute Gasteiger partial charge is 0.308 e. The highest BCUT2D eigenvalue weighted by molar-refractivity contribution is 7.98. The Bertz CT molecular complexity index is 457. The Labute approximate surface area is 109 Å². The second-order valence-electron chi connectivity index (χ2n) is 4.28. The topological polar surface area (TPSA) is 79.5 Å². The lowest BCUT2D eigenvalue weighted by atomic mass is 10.0. The van der Waals surface area contributed by atoms with Gasteiger partial charge in [0.25, 0.3) is 5.91 Å². The van der Waals surface area contributed by atoms with Crippen molar-refractivity contribution in [3.8, 4) is 0 Å². The Balaban J connectivity index is 2.00. The molecule has 1 amide bonds. The van der Waals surface area contributed by atoms with Crippen molar-refractivity contribution in [1.82, 2.24) is 5.32 Å². The highest BCUT2D eigenvalue weighted by atomic mass is 32.2.